The van der Waals surface area contributed by atoms with E-state index in [2.05, 4.69) is 31.4 Å². The molecule has 4 aliphatic carbocycles. The van der Waals surface area contributed by atoms with Crippen LogP contribution in [0.3, 0.4) is 0 Å². The van der Waals surface area contributed by atoms with Crippen molar-refractivity contribution in [2.24, 2.45) is 17.3 Å². The van der Waals surface area contributed by atoms with Gasteiger partial charge >= 0.3 is 5.82 Å². The number of halogens is 2. The summed E-state index contributed by atoms with van der Waals surface area (Å²) >= 11 is 3.30. The molecule has 4 aliphatic rings. The molecule has 11 heteroatoms. The molecule has 7 rings (SSSR count). The molecule has 4 fully saturated rings. The van der Waals surface area contributed by atoms with Crippen LogP contribution in [0.4, 0.5) is 15.9 Å². The zero-order valence-electron chi connectivity index (χ0n) is 19.6. The van der Waals surface area contributed by atoms with E-state index in [4.69, 9.17) is 0 Å². The van der Waals surface area contributed by atoms with Crippen LogP contribution in [0, 0.1) is 33.2 Å². The summed E-state index contributed by atoms with van der Waals surface area (Å²) in [5.74, 6) is 0.466. The highest BCUT2D eigenvalue weighted by Crippen LogP contribution is 2.65. The maximum atomic E-state index is 14.0. The van der Waals surface area contributed by atoms with Crippen LogP contribution in [0.5, 0.6) is 0 Å². The number of benzene rings is 1. The molecule has 2 aromatic heterocycles. The first-order valence-electron chi connectivity index (χ1n) is 12.2. The first-order chi connectivity index (χ1) is 17.2. The molecule has 0 aliphatic heterocycles. The molecule has 1 amide bonds. The Kier molecular flexibility index (Phi) is 5.51. The fraction of sp³-hybridized carbons (Fsp3) is 0.480. The lowest BCUT2D eigenvalue weighted by atomic mass is 9.46. The van der Waals surface area contributed by atoms with Gasteiger partial charge in [0.05, 0.1) is 35.3 Å². The summed E-state index contributed by atoms with van der Waals surface area (Å²) in [4.78, 5) is 24.1. The topological polar surface area (TPSA) is 108 Å². The number of aromatic nitrogens is 4. The molecular formula is C25H26BrFN6O3. The molecule has 2 unspecified atom stereocenters. The summed E-state index contributed by atoms with van der Waals surface area (Å²) < 4.78 is 17.8. The minimum atomic E-state index is -0.462. The van der Waals surface area contributed by atoms with E-state index < -0.39 is 4.92 Å². The van der Waals surface area contributed by atoms with Crippen LogP contribution in [0.25, 0.3) is 0 Å². The Hall–Kier alpha value is -3.08. The number of carbonyl (C=O) groups excluding carboxylic acids is 1. The Morgan fingerprint density at radius 2 is 1.97 bits per heavy atom. The Bertz CT molecular complexity index is 1340. The van der Waals surface area contributed by atoms with Crippen LogP contribution in [0.15, 0.2) is 47.3 Å². The number of nitrogens with one attached hydrogen (secondary N) is 1. The Labute approximate surface area is 215 Å². The van der Waals surface area contributed by atoms with Gasteiger partial charge in [-0.3, -0.25) is 9.48 Å². The number of anilines is 1. The molecule has 0 radical (unpaired) electrons. The van der Waals surface area contributed by atoms with Crippen molar-refractivity contribution in [3.63, 3.8) is 0 Å². The second-order valence-electron chi connectivity index (χ2n) is 10.9. The second-order valence-corrected chi connectivity index (χ2v) is 11.8. The van der Waals surface area contributed by atoms with Gasteiger partial charge in [0.2, 0.25) is 5.91 Å². The first kappa shape index (κ1) is 23.3. The van der Waals surface area contributed by atoms with Crippen molar-refractivity contribution >= 4 is 33.3 Å². The highest BCUT2D eigenvalue weighted by molar-refractivity contribution is 9.10. The van der Waals surface area contributed by atoms with E-state index in [0.29, 0.717) is 34.0 Å². The Morgan fingerprint density at radius 1 is 1.22 bits per heavy atom. The standard InChI is InChI=1S/C25H26BrFN6O3/c26-20-14-32(30-23(20)33(35)36)25-8-16-5-17(9-25)7-24(6-16,15-25)10-22(34)29-19-11-28-31(13-19)12-18-3-1-2-4-21(18)27/h1-4,11,13-14,16-17H,5-10,12,15H2,(H,29,34). The summed E-state index contributed by atoms with van der Waals surface area (Å²) in [5.41, 5.74) is 0.682. The predicted octanol–water partition coefficient (Wildman–Crippen LogP) is 5.26. The molecule has 9 nitrogen and oxygen atoms in total. The monoisotopic (exact) mass is 556 g/mol. The highest BCUT2D eigenvalue weighted by atomic mass is 79.9. The molecule has 4 bridgehead atoms. The first-order valence-corrected chi connectivity index (χ1v) is 13.0. The van der Waals surface area contributed by atoms with Gasteiger partial charge in [0.1, 0.15) is 10.3 Å². The van der Waals surface area contributed by atoms with E-state index in [0.717, 1.165) is 38.5 Å². The van der Waals surface area contributed by atoms with Crippen LogP contribution >= 0.6 is 15.9 Å². The normalized spacial score (nSPS) is 28.4. The number of nitro groups is 1. The van der Waals surface area contributed by atoms with Crippen LogP contribution in [-0.2, 0) is 16.9 Å². The summed E-state index contributed by atoms with van der Waals surface area (Å²) in [7, 11) is 0. The highest BCUT2D eigenvalue weighted by Gasteiger charge is 2.60. The lowest BCUT2D eigenvalue weighted by molar-refractivity contribution is -0.390. The fourth-order valence-electron chi connectivity index (χ4n) is 7.45. The van der Waals surface area contributed by atoms with Crippen molar-refractivity contribution in [1.29, 1.82) is 0 Å². The van der Waals surface area contributed by atoms with Crippen molar-refractivity contribution in [3.05, 3.63) is 68.8 Å². The maximum absolute atomic E-state index is 14.0. The second kappa shape index (κ2) is 8.50. The van der Waals surface area contributed by atoms with E-state index in [1.165, 1.54) is 6.07 Å². The SMILES string of the molecule is O=C(CC12CC3CC(C1)CC(n1cc(Br)c([N+](=O)[O-])n1)(C3)C2)Nc1cnn(Cc2ccccc2F)c1. The Balaban J connectivity index is 1.17. The Morgan fingerprint density at radius 3 is 2.67 bits per heavy atom. The number of carbonyl (C=O) groups is 1. The van der Waals surface area contributed by atoms with Gasteiger partial charge in [-0.05, 0) is 82.7 Å². The largest absolute Gasteiger partial charge is 0.404 e. The zero-order valence-corrected chi connectivity index (χ0v) is 21.2. The third kappa shape index (κ3) is 4.12. The van der Waals surface area contributed by atoms with Gasteiger partial charge in [-0.25, -0.2) is 4.39 Å². The average molecular weight is 557 g/mol. The molecule has 2 heterocycles. The van der Waals surface area contributed by atoms with Crippen LogP contribution in [0.2, 0.25) is 0 Å². The van der Waals surface area contributed by atoms with Gasteiger partial charge in [-0.2, -0.15) is 9.78 Å². The van der Waals surface area contributed by atoms with Crippen LogP contribution in [-0.4, -0.2) is 30.4 Å². The molecule has 0 spiro atoms. The van der Waals surface area contributed by atoms with Crippen molar-refractivity contribution in [3.8, 4) is 0 Å². The summed E-state index contributed by atoms with van der Waals surface area (Å²) in [5, 5.41) is 23.0. The maximum Gasteiger partial charge on any atom is 0.404 e. The van der Waals surface area contributed by atoms with Crippen LogP contribution < -0.4 is 5.32 Å². The van der Waals surface area contributed by atoms with Crippen molar-refractivity contribution in [1.82, 2.24) is 19.6 Å². The molecule has 36 heavy (non-hydrogen) atoms. The molecular weight excluding hydrogens is 531 g/mol. The fourth-order valence-corrected chi connectivity index (χ4v) is 7.87. The van der Waals surface area contributed by atoms with Gasteiger partial charge in [-0.15, -0.1) is 0 Å². The van der Waals surface area contributed by atoms with Gasteiger partial charge < -0.3 is 15.4 Å². The minimum Gasteiger partial charge on any atom is -0.358 e. The molecule has 1 aromatic carbocycles. The van der Waals surface area contributed by atoms with Crippen molar-refractivity contribution in [2.75, 3.05) is 5.32 Å². The van der Waals surface area contributed by atoms with Gasteiger partial charge in [-0.1, -0.05) is 18.2 Å². The quantitative estimate of drug-likeness (QED) is 0.315. The molecule has 2 atom stereocenters. The van der Waals surface area contributed by atoms with E-state index in [-0.39, 0.29) is 35.0 Å². The molecule has 188 valence electrons. The molecule has 0 saturated heterocycles. The number of hydrogen-bond acceptors (Lipinski definition) is 5. The number of rotatable bonds is 7. The van der Waals surface area contributed by atoms with E-state index >= 15 is 0 Å². The number of nitrogens with zero attached hydrogens (tertiary/aromatic N) is 5. The molecule has 3 aromatic rings. The minimum absolute atomic E-state index is 0.0647. The van der Waals surface area contributed by atoms with E-state index in [1.807, 2.05) is 4.68 Å². The predicted molar refractivity (Wildman–Crippen MR) is 133 cm³/mol. The summed E-state index contributed by atoms with van der Waals surface area (Å²) in [6.45, 7) is 0.282. The lowest BCUT2D eigenvalue weighted by Crippen LogP contribution is -2.57. The van der Waals surface area contributed by atoms with Crippen molar-refractivity contribution in [2.45, 2.75) is 57.0 Å². The number of amides is 1. The third-order valence-electron chi connectivity index (χ3n) is 8.20. The van der Waals surface area contributed by atoms with E-state index in [1.54, 1.807) is 41.5 Å². The third-order valence-corrected chi connectivity index (χ3v) is 8.76. The average Bonchev–Trinajstić information content (AvgIpc) is 3.40. The smallest absolute Gasteiger partial charge is 0.358 e. The summed E-state index contributed by atoms with van der Waals surface area (Å²) in [6.07, 6.45) is 11.3. The lowest BCUT2D eigenvalue weighted by Gasteiger charge is -2.61. The van der Waals surface area contributed by atoms with Crippen molar-refractivity contribution < 1.29 is 14.1 Å². The molecule has 4 saturated carbocycles. The van der Waals surface area contributed by atoms with Gasteiger partial charge in [0.15, 0.2) is 0 Å². The zero-order chi connectivity index (χ0) is 25.1. The summed E-state index contributed by atoms with van der Waals surface area (Å²) in [6, 6.07) is 6.56. The van der Waals surface area contributed by atoms with Gasteiger partial charge in [0.25, 0.3) is 0 Å². The van der Waals surface area contributed by atoms with Crippen LogP contribution in [0.1, 0.15) is 50.5 Å². The van der Waals surface area contributed by atoms with E-state index in [9.17, 15) is 19.3 Å². The number of hydrogen-bond donors (Lipinski definition) is 1. The molecule has 1 N–H and O–H groups in total. The van der Waals surface area contributed by atoms with Gasteiger partial charge in [0, 0.05) is 18.2 Å².